The summed E-state index contributed by atoms with van der Waals surface area (Å²) >= 11 is 0. The van der Waals surface area contributed by atoms with Crippen molar-refractivity contribution in [3.05, 3.63) is 34.2 Å². The van der Waals surface area contributed by atoms with Crippen LogP contribution in [0.4, 0.5) is 0 Å². The zero-order chi connectivity index (χ0) is 16.0. The van der Waals surface area contributed by atoms with Crippen molar-refractivity contribution in [2.45, 2.75) is 57.7 Å². The third kappa shape index (κ3) is 2.75. The number of hydrogen-bond acceptors (Lipinski definition) is 3. The minimum absolute atomic E-state index is 0.0673. The lowest BCUT2D eigenvalue weighted by Crippen LogP contribution is -2.65. The molecule has 0 radical (unpaired) electrons. The Bertz CT molecular complexity index is 598. The molecule has 0 aliphatic carbocycles. The third-order valence-electron chi connectivity index (χ3n) is 4.29. The first-order valence-electron chi connectivity index (χ1n) is 7.32. The van der Waals surface area contributed by atoms with E-state index in [4.69, 9.17) is 5.73 Å². The summed E-state index contributed by atoms with van der Waals surface area (Å²) in [7, 11) is 1.65. The Morgan fingerprint density at radius 1 is 1.24 bits per heavy atom. The largest absolute Gasteiger partial charge is 0.328 e. The van der Waals surface area contributed by atoms with Gasteiger partial charge in [-0.05, 0) is 52.7 Å². The summed E-state index contributed by atoms with van der Waals surface area (Å²) in [6, 6.07) is 3.40. The van der Waals surface area contributed by atoms with Gasteiger partial charge in [0.2, 0.25) is 0 Å². The van der Waals surface area contributed by atoms with Crippen molar-refractivity contribution in [3.8, 4) is 0 Å². The van der Waals surface area contributed by atoms with Gasteiger partial charge in [-0.2, -0.15) is 0 Å². The lowest BCUT2D eigenvalue weighted by molar-refractivity contribution is -0.0173. The smallest absolute Gasteiger partial charge is 0.263 e. The minimum Gasteiger partial charge on any atom is -0.328 e. The van der Waals surface area contributed by atoms with E-state index >= 15 is 0 Å². The maximum absolute atomic E-state index is 13.0. The van der Waals surface area contributed by atoms with Crippen LogP contribution < -0.4 is 11.3 Å². The van der Waals surface area contributed by atoms with Crippen LogP contribution in [0.1, 0.15) is 50.9 Å². The Hall–Kier alpha value is -1.62. The molecule has 1 fully saturated rings. The van der Waals surface area contributed by atoms with Crippen molar-refractivity contribution in [2.24, 2.45) is 12.8 Å². The molecule has 0 saturated carbocycles. The first-order valence-corrected chi connectivity index (χ1v) is 7.32. The summed E-state index contributed by atoms with van der Waals surface area (Å²) in [5.74, 6) is -0.210. The van der Waals surface area contributed by atoms with Crippen molar-refractivity contribution in [1.29, 1.82) is 0 Å². The molecule has 0 spiro atoms. The maximum Gasteiger partial charge on any atom is 0.263 e. The second kappa shape index (κ2) is 4.98. The number of piperidine rings is 1. The second-order valence-corrected chi connectivity index (χ2v) is 7.27. The molecule has 1 aliphatic rings. The lowest BCUT2D eigenvalue weighted by atomic mass is 9.77. The van der Waals surface area contributed by atoms with Crippen LogP contribution in [0, 0.1) is 0 Å². The fourth-order valence-corrected chi connectivity index (χ4v) is 3.79. The van der Waals surface area contributed by atoms with Gasteiger partial charge in [-0.3, -0.25) is 9.59 Å². The molecule has 1 aromatic rings. The van der Waals surface area contributed by atoms with E-state index in [1.807, 2.05) is 32.6 Å². The first-order chi connectivity index (χ1) is 9.56. The SMILES string of the molecule is Cn1cccc(C(=O)N2C(C)(C)CC(N)CC2(C)C)c1=O. The molecule has 116 valence electrons. The summed E-state index contributed by atoms with van der Waals surface area (Å²) in [6.45, 7) is 8.05. The summed E-state index contributed by atoms with van der Waals surface area (Å²) < 4.78 is 1.43. The van der Waals surface area contributed by atoms with Gasteiger partial charge in [-0.25, -0.2) is 0 Å². The third-order valence-corrected chi connectivity index (χ3v) is 4.29. The van der Waals surface area contributed by atoms with E-state index in [0.717, 1.165) is 12.8 Å². The molecule has 0 bridgehead atoms. The quantitative estimate of drug-likeness (QED) is 0.852. The lowest BCUT2D eigenvalue weighted by Gasteiger charge is -2.54. The Morgan fingerprint density at radius 2 is 1.76 bits per heavy atom. The molecule has 0 atom stereocenters. The monoisotopic (exact) mass is 291 g/mol. The number of hydrogen-bond donors (Lipinski definition) is 1. The van der Waals surface area contributed by atoms with E-state index in [0.29, 0.717) is 0 Å². The fraction of sp³-hybridized carbons (Fsp3) is 0.625. The van der Waals surface area contributed by atoms with Crippen LogP contribution in [0.3, 0.4) is 0 Å². The zero-order valence-corrected chi connectivity index (χ0v) is 13.5. The highest BCUT2D eigenvalue weighted by Crippen LogP contribution is 2.38. The van der Waals surface area contributed by atoms with Gasteiger partial charge in [-0.15, -0.1) is 0 Å². The number of aryl methyl sites for hydroxylation is 1. The highest BCUT2D eigenvalue weighted by atomic mass is 16.2. The fourth-order valence-electron chi connectivity index (χ4n) is 3.79. The molecule has 2 rings (SSSR count). The highest BCUT2D eigenvalue weighted by Gasteiger charge is 2.47. The average Bonchev–Trinajstić information content (AvgIpc) is 2.28. The number of carbonyl (C=O) groups excluding carboxylic acids is 1. The Morgan fingerprint density at radius 3 is 2.29 bits per heavy atom. The van der Waals surface area contributed by atoms with E-state index in [-0.39, 0.29) is 34.1 Å². The van der Waals surface area contributed by atoms with Crippen LogP contribution in [0.2, 0.25) is 0 Å². The van der Waals surface area contributed by atoms with E-state index in [1.165, 1.54) is 4.57 Å². The summed E-state index contributed by atoms with van der Waals surface area (Å²) in [4.78, 5) is 27.0. The van der Waals surface area contributed by atoms with Crippen molar-refractivity contribution in [1.82, 2.24) is 9.47 Å². The summed E-state index contributed by atoms with van der Waals surface area (Å²) in [5.41, 5.74) is 5.34. The van der Waals surface area contributed by atoms with Gasteiger partial charge in [0, 0.05) is 30.4 Å². The van der Waals surface area contributed by atoms with Gasteiger partial charge in [0.25, 0.3) is 11.5 Å². The Balaban J connectivity index is 2.50. The average molecular weight is 291 g/mol. The number of carbonyl (C=O) groups is 1. The predicted octanol–water partition coefficient (Wildman–Crippen LogP) is 1.51. The second-order valence-electron chi connectivity index (χ2n) is 7.27. The molecule has 5 nitrogen and oxygen atoms in total. The standard InChI is InChI=1S/C16H25N3O2/c1-15(2)9-11(17)10-16(3,4)19(15)14(21)12-7-6-8-18(5)13(12)20/h6-8,11H,9-10,17H2,1-5H3. The molecule has 21 heavy (non-hydrogen) atoms. The van der Waals surface area contributed by atoms with E-state index in [2.05, 4.69) is 0 Å². The van der Waals surface area contributed by atoms with Crippen LogP contribution in [0.25, 0.3) is 0 Å². The van der Waals surface area contributed by atoms with Gasteiger partial charge in [0.1, 0.15) is 5.56 Å². The van der Waals surface area contributed by atoms with Crippen LogP contribution >= 0.6 is 0 Å². The Kier molecular flexibility index (Phi) is 3.74. The minimum atomic E-state index is -0.376. The number of aromatic nitrogens is 1. The molecular weight excluding hydrogens is 266 g/mol. The van der Waals surface area contributed by atoms with Gasteiger partial charge in [-0.1, -0.05) is 0 Å². The molecule has 1 saturated heterocycles. The highest BCUT2D eigenvalue weighted by molar-refractivity contribution is 5.95. The molecule has 1 amide bonds. The first kappa shape index (κ1) is 15.8. The number of pyridine rings is 1. The van der Waals surface area contributed by atoms with E-state index < -0.39 is 0 Å². The van der Waals surface area contributed by atoms with Gasteiger partial charge in [0.15, 0.2) is 0 Å². The van der Waals surface area contributed by atoms with Crippen LogP contribution in [-0.2, 0) is 7.05 Å². The molecule has 2 heterocycles. The molecule has 5 heteroatoms. The molecule has 1 aromatic heterocycles. The van der Waals surface area contributed by atoms with E-state index in [1.54, 1.807) is 25.4 Å². The molecule has 1 aliphatic heterocycles. The van der Waals surface area contributed by atoms with Crippen LogP contribution in [-0.4, -0.2) is 32.5 Å². The number of nitrogens with two attached hydrogens (primary N) is 1. The Labute approximate surface area is 125 Å². The van der Waals surface area contributed by atoms with Crippen LogP contribution in [0.5, 0.6) is 0 Å². The topological polar surface area (TPSA) is 68.3 Å². The van der Waals surface area contributed by atoms with Crippen LogP contribution in [0.15, 0.2) is 23.1 Å². The zero-order valence-electron chi connectivity index (χ0n) is 13.5. The maximum atomic E-state index is 13.0. The van der Waals surface area contributed by atoms with Gasteiger partial charge in [0.05, 0.1) is 0 Å². The van der Waals surface area contributed by atoms with Crippen molar-refractivity contribution in [3.63, 3.8) is 0 Å². The molecule has 0 aromatic carbocycles. The number of nitrogens with zero attached hydrogens (tertiary/aromatic N) is 2. The number of amides is 1. The van der Waals surface area contributed by atoms with Crippen molar-refractivity contribution >= 4 is 5.91 Å². The van der Waals surface area contributed by atoms with Crippen molar-refractivity contribution in [2.75, 3.05) is 0 Å². The summed E-state index contributed by atoms with van der Waals surface area (Å²) in [6.07, 6.45) is 3.12. The van der Waals surface area contributed by atoms with Crippen molar-refractivity contribution < 1.29 is 4.79 Å². The molecule has 0 unspecified atom stereocenters. The van der Waals surface area contributed by atoms with E-state index in [9.17, 15) is 9.59 Å². The molecule has 2 N–H and O–H groups in total. The van der Waals surface area contributed by atoms with Gasteiger partial charge >= 0.3 is 0 Å². The predicted molar refractivity (Wildman–Crippen MR) is 83.2 cm³/mol. The summed E-state index contributed by atoms with van der Waals surface area (Å²) in [5, 5.41) is 0. The van der Waals surface area contributed by atoms with Gasteiger partial charge < -0.3 is 15.2 Å². The number of likely N-dealkylation sites (tertiary alicyclic amines) is 1. The normalized spacial score (nSPS) is 21.3. The molecular formula is C16H25N3O2. The number of rotatable bonds is 1.